The van der Waals surface area contributed by atoms with Crippen LogP contribution in [0.25, 0.3) is 0 Å². The molecule has 0 aliphatic heterocycles. The lowest BCUT2D eigenvalue weighted by Crippen LogP contribution is -2.35. The summed E-state index contributed by atoms with van der Waals surface area (Å²) in [6, 6.07) is 19.8. The molecule has 0 saturated carbocycles. The number of phenolic OH excluding ortho intramolecular Hbond substituents is 1. The summed E-state index contributed by atoms with van der Waals surface area (Å²) in [6.45, 7) is 0. The van der Waals surface area contributed by atoms with Crippen molar-refractivity contribution < 1.29 is 29.0 Å². The Labute approximate surface area is 228 Å². The van der Waals surface area contributed by atoms with Crippen LogP contribution >= 0.6 is 15.9 Å². The van der Waals surface area contributed by atoms with Crippen LogP contribution in [0.15, 0.2) is 89.4 Å². The molecule has 0 unspecified atom stereocenters. The van der Waals surface area contributed by atoms with Gasteiger partial charge < -0.3 is 25.6 Å². The molecule has 38 heavy (non-hydrogen) atoms. The predicted octanol–water partition coefficient (Wildman–Crippen LogP) is 5.33. The largest absolute Gasteiger partial charge is 0.508 e. The summed E-state index contributed by atoms with van der Waals surface area (Å²) < 4.78 is 11.8. The molecule has 2 atom stereocenters. The van der Waals surface area contributed by atoms with Crippen LogP contribution in [0.3, 0.4) is 0 Å². The minimum absolute atomic E-state index is 0.113. The Morgan fingerprint density at radius 2 is 1.76 bits per heavy atom. The van der Waals surface area contributed by atoms with Gasteiger partial charge in [-0.3, -0.25) is 14.9 Å². The molecule has 0 aliphatic carbocycles. The number of phenols is 1. The molecule has 0 fully saturated rings. The van der Waals surface area contributed by atoms with E-state index in [1.54, 1.807) is 72.8 Å². The van der Waals surface area contributed by atoms with Gasteiger partial charge in [0.2, 0.25) is 5.91 Å². The number of hydrogen-bond acceptors (Lipinski definition) is 7. The van der Waals surface area contributed by atoms with Crippen molar-refractivity contribution >= 4 is 45.2 Å². The number of ether oxygens (including phenoxy) is 2. The maximum Gasteiger partial charge on any atom is 0.414 e. The van der Waals surface area contributed by atoms with E-state index >= 15 is 0 Å². The van der Waals surface area contributed by atoms with Gasteiger partial charge in [0.05, 0.1) is 17.5 Å². The highest BCUT2D eigenvalue weighted by Gasteiger charge is 2.30. The van der Waals surface area contributed by atoms with Gasteiger partial charge in [0.15, 0.2) is 6.10 Å². The number of nitrogens with one attached hydrogen (secondary N) is 2. The monoisotopic (exact) mass is 581 g/mol. The van der Waals surface area contributed by atoms with E-state index in [9.17, 15) is 19.5 Å². The normalized spacial score (nSPS) is 12.5. The molecular formula is C28H28BrN3O6. The molecule has 3 amide bonds. The van der Waals surface area contributed by atoms with Crippen molar-refractivity contribution in [2.45, 2.75) is 25.0 Å². The first kappa shape index (κ1) is 28.4. The number of hydrogen-bond donors (Lipinski definition) is 4. The van der Waals surface area contributed by atoms with Gasteiger partial charge in [-0.15, -0.1) is 0 Å². The van der Waals surface area contributed by atoms with Crippen molar-refractivity contribution in [3.63, 3.8) is 0 Å². The quantitative estimate of drug-likeness (QED) is 0.187. The molecule has 9 nitrogen and oxygen atoms in total. The molecule has 0 saturated heterocycles. The molecule has 3 aromatic carbocycles. The van der Waals surface area contributed by atoms with E-state index in [2.05, 4.69) is 26.6 Å². The lowest BCUT2D eigenvalue weighted by Gasteiger charge is -2.27. The topological polar surface area (TPSA) is 140 Å². The van der Waals surface area contributed by atoms with Gasteiger partial charge in [-0.25, -0.2) is 4.79 Å². The molecule has 3 aromatic rings. The number of amides is 3. The number of carbonyl (C=O) groups is 3. The van der Waals surface area contributed by atoms with Crippen LogP contribution in [0.1, 0.15) is 34.9 Å². The Hall–Kier alpha value is -4.15. The van der Waals surface area contributed by atoms with Gasteiger partial charge in [-0.05, 0) is 61.4 Å². The number of para-hydroxylation sites is 2. The SMILES string of the molecule is CO[C@H](CC/C=C/C(=O)Nc1ccccc1N)[C@H](OC(=O)NC(=O)c1ccccc1)c1cc(Br)ccc1O. The fraction of sp³-hybridized carbons (Fsp3) is 0.179. The van der Waals surface area contributed by atoms with E-state index in [0.29, 0.717) is 28.7 Å². The molecule has 10 heteroatoms. The number of alkyl carbamates (subject to hydrolysis) is 1. The predicted molar refractivity (Wildman–Crippen MR) is 148 cm³/mol. The molecule has 0 aliphatic rings. The van der Waals surface area contributed by atoms with Crippen LogP contribution in [0.2, 0.25) is 0 Å². The smallest absolute Gasteiger partial charge is 0.414 e. The van der Waals surface area contributed by atoms with Gasteiger partial charge in [-0.1, -0.05) is 52.3 Å². The Kier molecular flexibility index (Phi) is 10.4. The number of benzene rings is 3. The molecule has 3 rings (SSSR count). The average molecular weight is 582 g/mol. The first-order valence-electron chi connectivity index (χ1n) is 11.7. The first-order valence-corrected chi connectivity index (χ1v) is 12.5. The van der Waals surface area contributed by atoms with Gasteiger partial charge in [0, 0.05) is 22.7 Å². The van der Waals surface area contributed by atoms with Crippen molar-refractivity contribution in [3.8, 4) is 5.75 Å². The molecule has 5 N–H and O–H groups in total. The molecule has 0 aromatic heterocycles. The standard InChI is InChI=1S/C28H28BrN3O6/c1-37-24(13-7-8-14-25(34)31-22-12-6-5-11-21(22)30)26(20-17-19(29)15-16-23(20)33)38-28(36)32-27(35)18-9-3-2-4-10-18/h2-6,8-12,14-17,24,26,33H,7,13,30H2,1H3,(H,31,34)(H,32,35,36)/b14-8+/t24-,26-/m1/s1. The third-order valence-electron chi connectivity index (χ3n) is 5.53. The Balaban J connectivity index is 1.69. The number of methoxy groups -OCH3 is 1. The lowest BCUT2D eigenvalue weighted by molar-refractivity contribution is -0.111. The number of rotatable bonds is 10. The molecule has 0 heterocycles. The lowest BCUT2D eigenvalue weighted by atomic mass is 9.99. The van der Waals surface area contributed by atoms with E-state index in [1.807, 2.05) is 0 Å². The van der Waals surface area contributed by atoms with Crippen LogP contribution in [-0.4, -0.2) is 36.2 Å². The van der Waals surface area contributed by atoms with Crippen molar-refractivity contribution in [3.05, 3.63) is 101 Å². The summed E-state index contributed by atoms with van der Waals surface area (Å²) >= 11 is 3.36. The molecule has 0 spiro atoms. The zero-order valence-corrected chi connectivity index (χ0v) is 22.2. The number of allylic oxidation sites excluding steroid dienone is 1. The maximum absolute atomic E-state index is 12.7. The van der Waals surface area contributed by atoms with Gasteiger partial charge in [0.1, 0.15) is 5.75 Å². The number of aromatic hydroxyl groups is 1. The second-order valence-corrected chi connectivity index (χ2v) is 9.10. The number of nitrogen functional groups attached to an aromatic ring is 1. The van der Waals surface area contributed by atoms with Crippen LogP contribution < -0.4 is 16.4 Å². The van der Waals surface area contributed by atoms with Crippen molar-refractivity contribution in [2.24, 2.45) is 0 Å². The van der Waals surface area contributed by atoms with E-state index in [0.717, 1.165) is 0 Å². The minimum atomic E-state index is -1.06. The number of nitrogens with two attached hydrogens (primary N) is 1. The van der Waals surface area contributed by atoms with Crippen LogP contribution in [0.4, 0.5) is 16.2 Å². The highest BCUT2D eigenvalue weighted by molar-refractivity contribution is 9.10. The summed E-state index contributed by atoms with van der Waals surface area (Å²) in [5, 5.41) is 15.4. The first-order chi connectivity index (χ1) is 18.3. The highest BCUT2D eigenvalue weighted by Crippen LogP contribution is 2.34. The Morgan fingerprint density at radius 3 is 2.47 bits per heavy atom. The molecular weight excluding hydrogens is 554 g/mol. The minimum Gasteiger partial charge on any atom is -0.508 e. The number of halogens is 1. The molecule has 198 valence electrons. The van der Waals surface area contributed by atoms with Crippen LogP contribution in [-0.2, 0) is 14.3 Å². The third-order valence-corrected chi connectivity index (χ3v) is 6.02. The fourth-order valence-corrected chi connectivity index (χ4v) is 4.00. The summed E-state index contributed by atoms with van der Waals surface area (Å²) in [5.74, 6) is -1.10. The van der Waals surface area contributed by atoms with Crippen LogP contribution in [0.5, 0.6) is 5.75 Å². The maximum atomic E-state index is 12.7. The summed E-state index contributed by atoms with van der Waals surface area (Å²) in [4.78, 5) is 37.3. The van der Waals surface area contributed by atoms with E-state index < -0.39 is 24.2 Å². The molecule has 0 radical (unpaired) electrons. The summed E-state index contributed by atoms with van der Waals surface area (Å²) in [7, 11) is 1.44. The zero-order valence-electron chi connectivity index (χ0n) is 20.6. The van der Waals surface area contributed by atoms with Gasteiger partial charge >= 0.3 is 6.09 Å². The van der Waals surface area contributed by atoms with E-state index in [1.165, 1.54) is 19.3 Å². The Morgan fingerprint density at radius 1 is 1.05 bits per heavy atom. The Bertz CT molecular complexity index is 1300. The summed E-state index contributed by atoms with van der Waals surface area (Å²) in [6.07, 6.45) is 0.951. The van der Waals surface area contributed by atoms with Gasteiger partial charge in [-0.2, -0.15) is 0 Å². The van der Waals surface area contributed by atoms with Gasteiger partial charge in [0.25, 0.3) is 5.91 Å². The second-order valence-electron chi connectivity index (χ2n) is 8.18. The van der Waals surface area contributed by atoms with Crippen LogP contribution in [0, 0.1) is 0 Å². The van der Waals surface area contributed by atoms with Crippen molar-refractivity contribution in [2.75, 3.05) is 18.2 Å². The van der Waals surface area contributed by atoms with Crippen molar-refractivity contribution in [1.82, 2.24) is 5.32 Å². The second kappa shape index (κ2) is 14.0. The number of imide groups is 1. The zero-order chi connectivity index (χ0) is 27.5. The van der Waals surface area contributed by atoms with E-state index in [4.69, 9.17) is 15.2 Å². The number of carbonyl (C=O) groups excluding carboxylic acids is 3. The van der Waals surface area contributed by atoms with Crippen molar-refractivity contribution in [1.29, 1.82) is 0 Å². The summed E-state index contributed by atoms with van der Waals surface area (Å²) in [5.41, 5.74) is 7.38. The average Bonchev–Trinajstić information content (AvgIpc) is 2.91. The number of anilines is 2. The van der Waals surface area contributed by atoms with E-state index in [-0.39, 0.29) is 22.8 Å². The third kappa shape index (κ3) is 8.19. The fourth-order valence-electron chi connectivity index (χ4n) is 3.62. The molecule has 0 bridgehead atoms. The highest BCUT2D eigenvalue weighted by atomic mass is 79.9.